The van der Waals surface area contributed by atoms with Crippen molar-refractivity contribution in [2.45, 2.75) is 18.9 Å². The normalized spacial score (nSPS) is 19.6. The van der Waals surface area contributed by atoms with E-state index < -0.39 is 17.9 Å². The van der Waals surface area contributed by atoms with Gasteiger partial charge < -0.3 is 10.1 Å². The van der Waals surface area contributed by atoms with Gasteiger partial charge in [0.1, 0.15) is 0 Å². The molecule has 0 radical (unpaired) electrons. The highest BCUT2D eigenvalue weighted by molar-refractivity contribution is 5.95. The average molecular weight is 444 g/mol. The second-order valence-electron chi connectivity index (χ2n) is 8.24. The number of fused-ring (bicyclic) bond motifs is 1. The Hall–Kier alpha value is -3.75. The van der Waals surface area contributed by atoms with Crippen LogP contribution in [0, 0.1) is 5.92 Å². The number of pyridine rings is 1. The number of hydrogen-bond donors (Lipinski definition) is 3. The zero-order chi connectivity index (χ0) is 22.8. The van der Waals surface area contributed by atoms with Crippen LogP contribution in [0.2, 0.25) is 0 Å². The van der Waals surface area contributed by atoms with Crippen LogP contribution < -0.4 is 10.8 Å². The third kappa shape index (κ3) is 4.18. The molecular weight excluding hydrogens is 420 g/mol. The van der Waals surface area contributed by atoms with Gasteiger partial charge in [-0.3, -0.25) is 14.8 Å². The molecule has 2 aliphatic rings. The molecule has 8 heteroatoms. The molecule has 8 nitrogen and oxygen atoms in total. The van der Waals surface area contributed by atoms with Gasteiger partial charge in [0.2, 0.25) is 0 Å². The number of hydroxylamine groups is 1. The zero-order valence-corrected chi connectivity index (χ0v) is 17.9. The molecule has 3 aromatic rings. The van der Waals surface area contributed by atoms with Crippen LogP contribution in [0.4, 0.5) is 0 Å². The lowest BCUT2D eigenvalue weighted by molar-refractivity contribution is -0.138. The van der Waals surface area contributed by atoms with Gasteiger partial charge in [0, 0.05) is 42.0 Å². The molecule has 2 atom stereocenters. The second-order valence-corrected chi connectivity index (χ2v) is 8.24. The molecule has 1 fully saturated rings. The summed E-state index contributed by atoms with van der Waals surface area (Å²) in [6, 6.07) is 13.1. The smallest absolute Gasteiger partial charge is 0.251 e. The fraction of sp³-hybridized carbons (Fsp3) is 0.240. The zero-order valence-electron chi connectivity index (χ0n) is 17.9. The van der Waals surface area contributed by atoms with Gasteiger partial charge in [-0.2, -0.15) is 5.10 Å². The molecule has 168 valence electrons. The minimum Gasteiger partial charge on any atom is -0.380 e. The highest BCUT2D eigenvalue weighted by Gasteiger charge is 2.33. The predicted octanol–water partition coefficient (Wildman–Crippen LogP) is 2.52. The van der Waals surface area contributed by atoms with Gasteiger partial charge in [-0.05, 0) is 36.2 Å². The molecule has 1 aliphatic heterocycles. The molecule has 3 N–H and O–H groups in total. The van der Waals surface area contributed by atoms with Gasteiger partial charge in [-0.1, -0.05) is 36.4 Å². The molecule has 5 rings (SSSR count). The summed E-state index contributed by atoms with van der Waals surface area (Å²) in [6.45, 7) is 0.608. The Kier molecular flexibility index (Phi) is 5.77. The van der Waals surface area contributed by atoms with Crippen molar-refractivity contribution in [3.63, 3.8) is 0 Å². The van der Waals surface area contributed by atoms with Crippen molar-refractivity contribution in [2.75, 3.05) is 13.2 Å². The van der Waals surface area contributed by atoms with Crippen LogP contribution in [0.1, 0.15) is 33.6 Å². The Balaban J connectivity index is 1.32. The number of allylic oxidation sites excluding steroid dienone is 4. The van der Waals surface area contributed by atoms with Crippen LogP contribution in [0.5, 0.6) is 0 Å². The van der Waals surface area contributed by atoms with Crippen LogP contribution in [-0.4, -0.2) is 45.9 Å². The molecule has 1 aromatic carbocycles. The van der Waals surface area contributed by atoms with Gasteiger partial charge in [0.25, 0.3) is 11.8 Å². The lowest BCUT2D eigenvalue weighted by atomic mass is 9.94. The number of aromatic nitrogens is 2. The number of amides is 2. The third-order valence-electron chi connectivity index (χ3n) is 6.18. The summed E-state index contributed by atoms with van der Waals surface area (Å²) in [5, 5.41) is 16.6. The molecular formula is C25H24N4O4. The van der Waals surface area contributed by atoms with Crippen molar-refractivity contribution >= 4 is 22.9 Å². The molecule has 0 bridgehead atoms. The maximum absolute atomic E-state index is 12.8. The van der Waals surface area contributed by atoms with Gasteiger partial charge in [0.15, 0.2) is 0 Å². The Morgan fingerprint density at radius 2 is 2.00 bits per heavy atom. The summed E-state index contributed by atoms with van der Waals surface area (Å²) >= 11 is 0. The van der Waals surface area contributed by atoms with Crippen molar-refractivity contribution < 1.29 is 19.5 Å². The fourth-order valence-corrected chi connectivity index (χ4v) is 4.29. The molecule has 1 aliphatic carbocycles. The van der Waals surface area contributed by atoms with E-state index in [2.05, 4.69) is 23.5 Å². The monoisotopic (exact) mass is 444 g/mol. The van der Waals surface area contributed by atoms with Crippen LogP contribution in [0.25, 0.3) is 11.1 Å². The SMILES string of the molecule is O=C(N[C@@H]1CCOC[C@@H]1C(=O)NO)c1ccc(Cc2c(C3=CC=C3)nn3ccccc23)cc1. The summed E-state index contributed by atoms with van der Waals surface area (Å²) < 4.78 is 7.21. The summed E-state index contributed by atoms with van der Waals surface area (Å²) in [4.78, 5) is 24.7. The Bertz CT molecular complexity index is 1260. The number of nitrogens with one attached hydrogen (secondary N) is 2. The second kappa shape index (κ2) is 9.01. The third-order valence-corrected chi connectivity index (χ3v) is 6.18. The quantitative estimate of drug-likeness (QED) is 0.400. The number of rotatable bonds is 6. The Morgan fingerprint density at radius 3 is 2.73 bits per heavy atom. The molecule has 0 saturated carbocycles. The molecule has 0 spiro atoms. The number of ether oxygens (including phenoxy) is 1. The summed E-state index contributed by atoms with van der Waals surface area (Å²) in [5.41, 5.74) is 7.52. The van der Waals surface area contributed by atoms with E-state index in [0.29, 0.717) is 25.0 Å². The number of benzene rings is 1. The Morgan fingerprint density at radius 1 is 1.18 bits per heavy atom. The molecule has 0 unspecified atom stereocenters. The van der Waals surface area contributed by atoms with Crippen LogP contribution in [-0.2, 0) is 16.0 Å². The number of nitrogens with zero attached hydrogens (tertiary/aromatic N) is 2. The van der Waals surface area contributed by atoms with E-state index in [9.17, 15) is 9.59 Å². The lowest BCUT2D eigenvalue weighted by Gasteiger charge is -2.30. The first-order valence-corrected chi connectivity index (χ1v) is 10.9. The maximum Gasteiger partial charge on any atom is 0.251 e. The summed E-state index contributed by atoms with van der Waals surface area (Å²) in [5.74, 6) is -1.45. The fourth-order valence-electron chi connectivity index (χ4n) is 4.29. The lowest BCUT2D eigenvalue weighted by Crippen LogP contribution is -2.51. The van der Waals surface area contributed by atoms with E-state index in [1.807, 2.05) is 41.1 Å². The first-order chi connectivity index (χ1) is 16.1. The van der Waals surface area contributed by atoms with E-state index in [0.717, 1.165) is 27.9 Å². The van der Waals surface area contributed by atoms with Gasteiger partial charge in [0.05, 0.1) is 23.7 Å². The first-order valence-electron chi connectivity index (χ1n) is 10.9. The topological polar surface area (TPSA) is 105 Å². The largest absolute Gasteiger partial charge is 0.380 e. The first kappa shape index (κ1) is 21.1. The van der Waals surface area contributed by atoms with E-state index in [1.54, 1.807) is 17.6 Å². The van der Waals surface area contributed by atoms with Crippen molar-refractivity contribution in [2.24, 2.45) is 5.92 Å². The van der Waals surface area contributed by atoms with Crippen molar-refractivity contribution in [3.05, 3.63) is 89.3 Å². The van der Waals surface area contributed by atoms with E-state index in [4.69, 9.17) is 15.0 Å². The van der Waals surface area contributed by atoms with Gasteiger partial charge in [-0.15, -0.1) is 0 Å². The highest BCUT2D eigenvalue weighted by atomic mass is 16.5. The van der Waals surface area contributed by atoms with Crippen LogP contribution in [0.15, 0.2) is 66.9 Å². The Labute approximate surface area is 190 Å². The molecule has 33 heavy (non-hydrogen) atoms. The van der Waals surface area contributed by atoms with Crippen molar-refractivity contribution in [1.29, 1.82) is 0 Å². The molecule has 3 heterocycles. The van der Waals surface area contributed by atoms with E-state index in [1.165, 1.54) is 0 Å². The van der Waals surface area contributed by atoms with Crippen molar-refractivity contribution in [3.8, 4) is 0 Å². The highest BCUT2D eigenvalue weighted by Crippen LogP contribution is 2.29. The number of carbonyl (C=O) groups is 2. The number of carbonyl (C=O) groups excluding carboxylic acids is 2. The van der Waals surface area contributed by atoms with Crippen LogP contribution >= 0.6 is 0 Å². The van der Waals surface area contributed by atoms with E-state index in [-0.39, 0.29) is 12.5 Å². The summed E-state index contributed by atoms with van der Waals surface area (Å²) in [6.07, 6.45) is 9.25. The number of hydrogen-bond acceptors (Lipinski definition) is 5. The minimum absolute atomic E-state index is 0.157. The predicted molar refractivity (Wildman–Crippen MR) is 122 cm³/mol. The molecule has 1 saturated heterocycles. The summed E-state index contributed by atoms with van der Waals surface area (Å²) in [7, 11) is 0. The van der Waals surface area contributed by atoms with Crippen molar-refractivity contribution in [1.82, 2.24) is 20.4 Å². The molecule has 2 aromatic heterocycles. The van der Waals surface area contributed by atoms with Crippen LogP contribution in [0.3, 0.4) is 0 Å². The standard InChI is InChI=1S/C25H24N4O4/c30-24(26-21-11-13-33-15-20(21)25(31)28-32)18-9-7-16(8-10-18)14-19-22-6-1-2-12-29(22)27-23(19)17-4-3-5-17/h1-10,12,20-21,32H,11,13-15H2,(H,26,30)(H,28,31)/t20-,21+/m0/s1. The minimum atomic E-state index is -0.629. The average Bonchev–Trinajstić information content (AvgIpc) is 3.16. The van der Waals surface area contributed by atoms with E-state index >= 15 is 0 Å². The maximum atomic E-state index is 12.8. The van der Waals surface area contributed by atoms with Gasteiger partial charge >= 0.3 is 0 Å². The molecule has 2 amide bonds. The van der Waals surface area contributed by atoms with Gasteiger partial charge in [-0.25, -0.2) is 10.00 Å².